The minimum absolute atomic E-state index is 0.0468. The van der Waals surface area contributed by atoms with E-state index in [1.165, 1.54) is 0 Å². The van der Waals surface area contributed by atoms with Crippen molar-refractivity contribution in [1.82, 2.24) is 4.57 Å². The first-order chi connectivity index (χ1) is 13.4. The van der Waals surface area contributed by atoms with E-state index >= 15 is 0 Å². The predicted molar refractivity (Wildman–Crippen MR) is 104 cm³/mol. The average Bonchev–Trinajstić information content (AvgIpc) is 3.48. The molecule has 1 aromatic heterocycles. The van der Waals surface area contributed by atoms with Crippen LogP contribution in [0.1, 0.15) is 64.3 Å². The molecule has 28 heavy (non-hydrogen) atoms. The molecule has 0 N–H and O–H groups in total. The van der Waals surface area contributed by atoms with Crippen LogP contribution in [0, 0.1) is 13.8 Å². The van der Waals surface area contributed by atoms with Gasteiger partial charge in [0.15, 0.2) is 19.0 Å². The second-order valence-corrected chi connectivity index (χ2v) is 7.06. The Kier molecular flexibility index (Phi) is 5.97. The van der Waals surface area contributed by atoms with Crippen LogP contribution in [-0.4, -0.2) is 35.3 Å². The van der Waals surface area contributed by atoms with Gasteiger partial charge < -0.3 is 14.0 Å². The lowest BCUT2D eigenvalue weighted by atomic mass is 10.1. The number of aromatic nitrogens is 1. The van der Waals surface area contributed by atoms with E-state index in [0.717, 1.165) is 24.2 Å². The summed E-state index contributed by atoms with van der Waals surface area (Å²) in [7, 11) is 0. The van der Waals surface area contributed by atoms with E-state index in [2.05, 4.69) is 4.57 Å². The van der Waals surface area contributed by atoms with Gasteiger partial charge in [-0.1, -0.05) is 6.92 Å². The van der Waals surface area contributed by atoms with Crippen molar-refractivity contribution in [3.63, 3.8) is 0 Å². The number of Topliss-reactive ketones (excluding diaryl/α,β-unsaturated/α-hetero) is 2. The zero-order chi connectivity index (χ0) is 20.3. The standard InChI is InChI=1S/C22H25NO5/c1-4-20(24)16-5-9-18(10-6-16)27-13-22(26)28-12-21(25)19-11-14(2)23(15(19)3)17-7-8-17/h5-6,9-11,17H,4,7-8,12-13H2,1-3H3. The van der Waals surface area contributed by atoms with Gasteiger partial charge in [0, 0.05) is 35.0 Å². The highest BCUT2D eigenvalue weighted by atomic mass is 16.6. The first-order valence-corrected chi connectivity index (χ1v) is 9.54. The van der Waals surface area contributed by atoms with Crippen LogP contribution < -0.4 is 4.74 Å². The van der Waals surface area contributed by atoms with E-state index in [4.69, 9.17) is 9.47 Å². The van der Waals surface area contributed by atoms with Crippen LogP contribution in [-0.2, 0) is 9.53 Å². The number of hydrogen-bond donors (Lipinski definition) is 0. The van der Waals surface area contributed by atoms with E-state index in [1.54, 1.807) is 31.2 Å². The fourth-order valence-corrected chi connectivity index (χ4v) is 3.30. The maximum absolute atomic E-state index is 12.4. The normalized spacial score (nSPS) is 13.2. The van der Waals surface area contributed by atoms with E-state index in [1.807, 2.05) is 19.9 Å². The van der Waals surface area contributed by atoms with Crippen molar-refractivity contribution in [3.8, 4) is 5.75 Å². The van der Waals surface area contributed by atoms with Crippen LogP contribution in [0.15, 0.2) is 30.3 Å². The molecule has 148 valence electrons. The van der Waals surface area contributed by atoms with Crippen LogP contribution in [0.4, 0.5) is 0 Å². The third-order valence-electron chi connectivity index (χ3n) is 4.92. The number of hydrogen-bond acceptors (Lipinski definition) is 5. The fraction of sp³-hybridized carbons (Fsp3) is 0.409. The molecular formula is C22H25NO5. The Bertz CT molecular complexity index is 890. The Morgan fingerprint density at radius 1 is 1.04 bits per heavy atom. The first kappa shape index (κ1) is 19.9. The summed E-state index contributed by atoms with van der Waals surface area (Å²) in [5, 5.41) is 0. The molecule has 0 unspecified atom stereocenters. The van der Waals surface area contributed by atoms with Crippen molar-refractivity contribution < 1.29 is 23.9 Å². The highest BCUT2D eigenvalue weighted by Gasteiger charge is 2.28. The molecule has 1 fully saturated rings. The third kappa shape index (κ3) is 4.50. The Morgan fingerprint density at radius 3 is 2.32 bits per heavy atom. The molecule has 0 saturated heterocycles. The maximum Gasteiger partial charge on any atom is 0.344 e. The molecule has 1 aliphatic carbocycles. The van der Waals surface area contributed by atoms with Crippen LogP contribution in [0.25, 0.3) is 0 Å². The molecule has 1 aromatic carbocycles. The molecule has 6 heteroatoms. The van der Waals surface area contributed by atoms with Gasteiger partial charge >= 0.3 is 5.97 Å². The maximum atomic E-state index is 12.4. The monoisotopic (exact) mass is 383 g/mol. The van der Waals surface area contributed by atoms with Gasteiger partial charge in [0.2, 0.25) is 5.78 Å². The third-order valence-corrected chi connectivity index (χ3v) is 4.92. The molecule has 6 nitrogen and oxygen atoms in total. The fourth-order valence-electron chi connectivity index (χ4n) is 3.30. The van der Waals surface area contributed by atoms with Crippen LogP contribution in [0.5, 0.6) is 5.75 Å². The van der Waals surface area contributed by atoms with Gasteiger partial charge in [-0.05, 0) is 57.0 Å². The highest BCUT2D eigenvalue weighted by molar-refractivity contribution is 5.99. The zero-order valence-corrected chi connectivity index (χ0v) is 16.5. The smallest absolute Gasteiger partial charge is 0.344 e. The second kappa shape index (κ2) is 8.42. The number of esters is 1. The van der Waals surface area contributed by atoms with Gasteiger partial charge in [-0.25, -0.2) is 4.79 Å². The molecule has 0 spiro atoms. The lowest BCUT2D eigenvalue weighted by molar-refractivity contribution is -0.144. The summed E-state index contributed by atoms with van der Waals surface area (Å²) < 4.78 is 12.6. The van der Waals surface area contributed by atoms with Gasteiger partial charge in [-0.3, -0.25) is 9.59 Å². The first-order valence-electron chi connectivity index (χ1n) is 9.54. The number of ketones is 2. The predicted octanol–water partition coefficient (Wildman–Crippen LogP) is 3.84. The van der Waals surface area contributed by atoms with Gasteiger partial charge in [0.05, 0.1) is 0 Å². The van der Waals surface area contributed by atoms with Gasteiger partial charge in [0.25, 0.3) is 0 Å². The highest BCUT2D eigenvalue weighted by Crippen LogP contribution is 2.38. The van der Waals surface area contributed by atoms with Gasteiger partial charge in [-0.2, -0.15) is 0 Å². The number of aryl methyl sites for hydroxylation is 1. The molecule has 3 rings (SSSR count). The SMILES string of the molecule is CCC(=O)c1ccc(OCC(=O)OCC(=O)c2cc(C)n(C3CC3)c2C)cc1. The Balaban J connectivity index is 1.48. The van der Waals surface area contributed by atoms with Crippen molar-refractivity contribution in [2.45, 2.75) is 46.1 Å². The summed E-state index contributed by atoms with van der Waals surface area (Å²) in [6.45, 7) is 5.11. The Morgan fingerprint density at radius 2 is 1.71 bits per heavy atom. The largest absolute Gasteiger partial charge is 0.482 e. The molecule has 0 aliphatic heterocycles. The molecule has 1 heterocycles. The molecule has 0 atom stereocenters. The van der Waals surface area contributed by atoms with Crippen molar-refractivity contribution in [1.29, 1.82) is 0 Å². The topological polar surface area (TPSA) is 74.6 Å². The average molecular weight is 383 g/mol. The second-order valence-electron chi connectivity index (χ2n) is 7.06. The van der Waals surface area contributed by atoms with Crippen LogP contribution in [0.2, 0.25) is 0 Å². The van der Waals surface area contributed by atoms with Crippen molar-refractivity contribution in [3.05, 3.63) is 52.8 Å². The number of ether oxygens (including phenoxy) is 2. The van der Waals surface area contributed by atoms with Crippen molar-refractivity contribution >= 4 is 17.5 Å². The van der Waals surface area contributed by atoms with E-state index in [0.29, 0.717) is 29.3 Å². The van der Waals surface area contributed by atoms with E-state index < -0.39 is 5.97 Å². The molecule has 1 saturated carbocycles. The van der Waals surface area contributed by atoms with E-state index in [9.17, 15) is 14.4 Å². The van der Waals surface area contributed by atoms with Gasteiger partial charge in [-0.15, -0.1) is 0 Å². The number of benzene rings is 1. The summed E-state index contributed by atoms with van der Waals surface area (Å²) in [5.74, 6) is -0.316. The summed E-state index contributed by atoms with van der Waals surface area (Å²) in [6, 6.07) is 8.94. The number of rotatable bonds is 9. The quantitative estimate of drug-likeness (QED) is 0.486. The summed E-state index contributed by atoms with van der Waals surface area (Å²) >= 11 is 0. The van der Waals surface area contributed by atoms with Crippen molar-refractivity contribution in [2.24, 2.45) is 0 Å². The summed E-state index contributed by atoms with van der Waals surface area (Å²) in [4.78, 5) is 35.9. The van der Waals surface area contributed by atoms with Crippen LogP contribution in [0.3, 0.4) is 0 Å². The molecule has 1 aliphatic rings. The zero-order valence-electron chi connectivity index (χ0n) is 16.5. The molecule has 0 amide bonds. The Labute approximate surface area is 164 Å². The lowest BCUT2D eigenvalue weighted by Gasteiger charge is -2.08. The summed E-state index contributed by atoms with van der Waals surface area (Å²) in [6.07, 6.45) is 2.72. The number of carbonyl (C=O) groups is 3. The van der Waals surface area contributed by atoms with E-state index in [-0.39, 0.29) is 24.8 Å². The molecule has 2 aromatic rings. The summed E-state index contributed by atoms with van der Waals surface area (Å²) in [5.41, 5.74) is 3.20. The number of nitrogens with zero attached hydrogens (tertiary/aromatic N) is 1. The minimum atomic E-state index is -0.613. The van der Waals surface area contributed by atoms with Crippen LogP contribution >= 0.6 is 0 Å². The lowest BCUT2D eigenvalue weighted by Crippen LogP contribution is -2.20. The van der Waals surface area contributed by atoms with Gasteiger partial charge in [0.1, 0.15) is 5.75 Å². The molecule has 0 bridgehead atoms. The Hall–Kier alpha value is -2.89. The van der Waals surface area contributed by atoms with Crippen molar-refractivity contribution in [2.75, 3.05) is 13.2 Å². The number of carbonyl (C=O) groups excluding carboxylic acids is 3. The molecule has 0 radical (unpaired) electrons. The minimum Gasteiger partial charge on any atom is -0.482 e. The molecular weight excluding hydrogens is 358 g/mol.